The summed E-state index contributed by atoms with van der Waals surface area (Å²) in [6.07, 6.45) is 2.57. The number of ether oxygens (including phenoxy) is 1. The van der Waals surface area contributed by atoms with Crippen molar-refractivity contribution in [2.24, 2.45) is 0 Å². The zero-order chi connectivity index (χ0) is 16.5. The van der Waals surface area contributed by atoms with Gasteiger partial charge in [0, 0.05) is 18.0 Å². The van der Waals surface area contributed by atoms with Crippen molar-refractivity contribution < 1.29 is 9.53 Å². The maximum Gasteiger partial charge on any atom is 0.265 e. The number of aromatic nitrogens is 3. The molecule has 6 nitrogen and oxygen atoms in total. The zero-order valence-electron chi connectivity index (χ0n) is 13.5. The van der Waals surface area contributed by atoms with Crippen molar-refractivity contribution >= 4 is 22.6 Å². The number of amides is 1. The lowest BCUT2D eigenvalue weighted by molar-refractivity contribution is 0.0984. The van der Waals surface area contributed by atoms with Crippen LogP contribution in [0.4, 0.5) is 5.82 Å². The monoisotopic (exact) mass is 322 g/mol. The second-order valence-corrected chi connectivity index (χ2v) is 5.75. The molecule has 0 saturated carbocycles. The SMILES string of the molecule is CCCOc1nc2ccccc2cc1C(=O)N1CCn2nccc21. The highest BCUT2D eigenvalue weighted by Gasteiger charge is 2.28. The Morgan fingerprint density at radius 2 is 2.12 bits per heavy atom. The molecule has 1 aliphatic rings. The Morgan fingerprint density at radius 1 is 1.25 bits per heavy atom. The van der Waals surface area contributed by atoms with E-state index in [2.05, 4.69) is 10.1 Å². The minimum absolute atomic E-state index is 0.0985. The fourth-order valence-electron chi connectivity index (χ4n) is 2.95. The second-order valence-electron chi connectivity index (χ2n) is 5.75. The van der Waals surface area contributed by atoms with Crippen LogP contribution in [0.3, 0.4) is 0 Å². The van der Waals surface area contributed by atoms with Gasteiger partial charge >= 0.3 is 0 Å². The molecule has 0 N–H and O–H groups in total. The highest BCUT2D eigenvalue weighted by molar-refractivity contribution is 6.09. The first-order chi connectivity index (χ1) is 11.8. The summed E-state index contributed by atoms with van der Waals surface area (Å²) in [6.45, 7) is 3.88. The number of pyridine rings is 1. The minimum atomic E-state index is -0.0985. The van der Waals surface area contributed by atoms with Crippen LogP contribution in [-0.4, -0.2) is 33.8 Å². The fourth-order valence-corrected chi connectivity index (χ4v) is 2.95. The average Bonchev–Trinajstić information content (AvgIpc) is 3.22. The summed E-state index contributed by atoms with van der Waals surface area (Å²) in [7, 11) is 0. The number of rotatable bonds is 4. The number of hydrogen-bond donors (Lipinski definition) is 0. The minimum Gasteiger partial charge on any atom is -0.477 e. The maximum absolute atomic E-state index is 13.1. The summed E-state index contributed by atoms with van der Waals surface area (Å²) in [4.78, 5) is 19.4. The molecule has 0 spiro atoms. The molecule has 1 amide bonds. The van der Waals surface area contributed by atoms with Gasteiger partial charge in [-0.05, 0) is 18.6 Å². The van der Waals surface area contributed by atoms with Gasteiger partial charge < -0.3 is 4.74 Å². The topological polar surface area (TPSA) is 60.2 Å². The van der Waals surface area contributed by atoms with Crippen molar-refractivity contribution in [1.82, 2.24) is 14.8 Å². The second kappa shape index (κ2) is 5.96. The molecule has 24 heavy (non-hydrogen) atoms. The zero-order valence-corrected chi connectivity index (χ0v) is 13.5. The van der Waals surface area contributed by atoms with E-state index in [1.54, 1.807) is 11.1 Å². The van der Waals surface area contributed by atoms with E-state index in [4.69, 9.17) is 4.74 Å². The third-order valence-electron chi connectivity index (χ3n) is 4.11. The van der Waals surface area contributed by atoms with Gasteiger partial charge in [0.25, 0.3) is 5.91 Å². The number of para-hydroxylation sites is 1. The van der Waals surface area contributed by atoms with E-state index >= 15 is 0 Å². The van der Waals surface area contributed by atoms with Crippen LogP contribution < -0.4 is 9.64 Å². The number of carbonyl (C=O) groups is 1. The lowest BCUT2D eigenvalue weighted by Crippen LogP contribution is -2.29. The van der Waals surface area contributed by atoms with Gasteiger partial charge in [-0.25, -0.2) is 9.67 Å². The molecule has 1 aromatic carbocycles. The van der Waals surface area contributed by atoms with E-state index in [9.17, 15) is 4.79 Å². The van der Waals surface area contributed by atoms with E-state index in [0.29, 0.717) is 31.1 Å². The van der Waals surface area contributed by atoms with Crippen LogP contribution in [0.15, 0.2) is 42.6 Å². The quantitative estimate of drug-likeness (QED) is 0.741. The van der Waals surface area contributed by atoms with Crippen LogP contribution in [0, 0.1) is 0 Å². The molecule has 3 heterocycles. The molecule has 0 radical (unpaired) electrons. The highest BCUT2D eigenvalue weighted by atomic mass is 16.5. The Bertz CT molecular complexity index is 903. The molecular formula is C18H18N4O2. The fraction of sp³-hybridized carbons (Fsp3) is 0.278. The Hall–Kier alpha value is -2.89. The van der Waals surface area contributed by atoms with Crippen LogP contribution in [0.2, 0.25) is 0 Å². The van der Waals surface area contributed by atoms with Gasteiger partial charge in [-0.2, -0.15) is 5.10 Å². The van der Waals surface area contributed by atoms with Crippen molar-refractivity contribution in [1.29, 1.82) is 0 Å². The molecule has 0 atom stereocenters. The Morgan fingerprint density at radius 3 is 3.00 bits per heavy atom. The lowest BCUT2D eigenvalue weighted by Gasteiger charge is -2.17. The molecule has 0 unspecified atom stereocenters. The van der Waals surface area contributed by atoms with Crippen LogP contribution in [0.25, 0.3) is 10.9 Å². The molecule has 6 heteroatoms. The number of hydrogen-bond acceptors (Lipinski definition) is 4. The number of anilines is 1. The van der Waals surface area contributed by atoms with Gasteiger partial charge in [0.15, 0.2) is 0 Å². The largest absolute Gasteiger partial charge is 0.477 e. The first kappa shape index (κ1) is 14.7. The molecule has 0 bridgehead atoms. The van der Waals surface area contributed by atoms with Crippen LogP contribution in [-0.2, 0) is 6.54 Å². The summed E-state index contributed by atoms with van der Waals surface area (Å²) in [5.74, 6) is 1.12. The third kappa shape index (κ3) is 2.40. The predicted octanol–water partition coefficient (Wildman–Crippen LogP) is 2.88. The smallest absolute Gasteiger partial charge is 0.265 e. The molecule has 0 fully saturated rings. The molecule has 0 aliphatic carbocycles. The van der Waals surface area contributed by atoms with Crippen LogP contribution >= 0.6 is 0 Å². The van der Waals surface area contributed by atoms with Crippen molar-refractivity contribution in [2.45, 2.75) is 19.9 Å². The van der Waals surface area contributed by atoms with Gasteiger partial charge in [-0.3, -0.25) is 9.69 Å². The van der Waals surface area contributed by atoms with E-state index in [0.717, 1.165) is 23.1 Å². The van der Waals surface area contributed by atoms with E-state index in [1.165, 1.54) is 0 Å². The normalized spacial score (nSPS) is 13.3. The van der Waals surface area contributed by atoms with Crippen LogP contribution in [0.1, 0.15) is 23.7 Å². The maximum atomic E-state index is 13.1. The molecular weight excluding hydrogens is 304 g/mol. The summed E-state index contributed by atoms with van der Waals surface area (Å²) in [5, 5.41) is 5.15. The average molecular weight is 322 g/mol. The number of carbonyl (C=O) groups excluding carboxylic acids is 1. The molecule has 4 rings (SSSR count). The number of fused-ring (bicyclic) bond motifs is 2. The van der Waals surface area contributed by atoms with Gasteiger partial charge in [0.2, 0.25) is 5.88 Å². The summed E-state index contributed by atoms with van der Waals surface area (Å²) in [5.41, 5.74) is 1.32. The molecule has 2 aromatic heterocycles. The first-order valence-corrected chi connectivity index (χ1v) is 8.14. The molecule has 3 aromatic rings. The van der Waals surface area contributed by atoms with Crippen molar-refractivity contribution in [2.75, 3.05) is 18.1 Å². The van der Waals surface area contributed by atoms with Gasteiger partial charge in [0.05, 0.1) is 24.9 Å². The summed E-state index contributed by atoms with van der Waals surface area (Å²) < 4.78 is 7.60. The van der Waals surface area contributed by atoms with Crippen molar-refractivity contribution in [3.63, 3.8) is 0 Å². The Balaban J connectivity index is 1.78. The predicted molar refractivity (Wildman–Crippen MR) is 91.4 cm³/mol. The van der Waals surface area contributed by atoms with E-state index in [-0.39, 0.29) is 5.91 Å². The van der Waals surface area contributed by atoms with Crippen molar-refractivity contribution in [3.8, 4) is 5.88 Å². The first-order valence-electron chi connectivity index (χ1n) is 8.14. The third-order valence-corrected chi connectivity index (χ3v) is 4.11. The van der Waals surface area contributed by atoms with E-state index < -0.39 is 0 Å². The molecule has 1 aliphatic heterocycles. The Labute approximate surface area is 139 Å². The van der Waals surface area contributed by atoms with Crippen LogP contribution in [0.5, 0.6) is 5.88 Å². The number of benzene rings is 1. The summed E-state index contributed by atoms with van der Waals surface area (Å²) in [6, 6.07) is 11.5. The van der Waals surface area contributed by atoms with Crippen molar-refractivity contribution in [3.05, 3.63) is 48.2 Å². The molecule has 0 saturated heterocycles. The lowest BCUT2D eigenvalue weighted by atomic mass is 10.1. The highest BCUT2D eigenvalue weighted by Crippen LogP contribution is 2.28. The molecule has 122 valence electrons. The summed E-state index contributed by atoms with van der Waals surface area (Å²) >= 11 is 0. The Kier molecular flexibility index (Phi) is 3.65. The van der Waals surface area contributed by atoms with E-state index in [1.807, 2.05) is 48.0 Å². The van der Waals surface area contributed by atoms with Gasteiger partial charge in [-0.15, -0.1) is 0 Å². The van der Waals surface area contributed by atoms with Gasteiger partial charge in [-0.1, -0.05) is 25.1 Å². The van der Waals surface area contributed by atoms with Gasteiger partial charge in [0.1, 0.15) is 11.4 Å². The number of nitrogens with zero attached hydrogens (tertiary/aromatic N) is 4. The standard InChI is InChI=1S/C18H18N4O2/c1-2-11-24-17-14(12-13-5-3-4-6-15(13)20-17)18(23)21-9-10-22-16(21)7-8-19-22/h3-8,12H,2,9-11H2,1H3.